The Morgan fingerprint density at radius 1 is 0.750 bits per heavy atom. The number of anilines is 1. The molecule has 162 valence electrons. The van der Waals surface area contributed by atoms with Gasteiger partial charge in [-0.2, -0.15) is 0 Å². The number of benzene rings is 3. The molecule has 0 spiro atoms. The Morgan fingerprint density at radius 3 is 2.00 bits per heavy atom. The lowest BCUT2D eigenvalue weighted by atomic mass is 9.97. The van der Waals surface area contributed by atoms with Gasteiger partial charge < -0.3 is 9.80 Å². The molecule has 3 aromatic rings. The largest absolute Gasteiger partial charge is 0.366 e. The van der Waals surface area contributed by atoms with Gasteiger partial charge in [0.15, 0.2) is 11.6 Å². The van der Waals surface area contributed by atoms with Crippen molar-refractivity contribution in [3.05, 3.63) is 101 Å². The van der Waals surface area contributed by atoms with Gasteiger partial charge in [0.05, 0.1) is 11.3 Å². The van der Waals surface area contributed by atoms with Gasteiger partial charge in [-0.3, -0.25) is 14.4 Å². The molecule has 1 aliphatic heterocycles. The fourth-order valence-electron chi connectivity index (χ4n) is 3.92. The first-order valence-corrected chi connectivity index (χ1v) is 10.5. The van der Waals surface area contributed by atoms with Crippen LogP contribution in [0.3, 0.4) is 0 Å². The monoisotopic (exact) mass is 430 g/mol. The molecule has 1 heterocycles. The van der Waals surface area contributed by atoms with Crippen LogP contribution < -0.4 is 4.90 Å². The van der Waals surface area contributed by atoms with Crippen molar-refractivity contribution in [2.45, 2.75) is 6.92 Å². The molecule has 1 amide bonds. The van der Waals surface area contributed by atoms with E-state index in [-0.39, 0.29) is 17.5 Å². The summed E-state index contributed by atoms with van der Waals surface area (Å²) in [7, 11) is 0. The van der Waals surface area contributed by atoms with Gasteiger partial charge in [-0.1, -0.05) is 48.5 Å². The highest BCUT2D eigenvalue weighted by atomic mass is 19.1. The van der Waals surface area contributed by atoms with E-state index < -0.39 is 5.82 Å². The van der Waals surface area contributed by atoms with Crippen LogP contribution in [0.15, 0.2) is 72.8 Å². The average molecular weight is 430 g/mol. The van der Waals surface area contributed by atoms with Gasteiger partial charge >= 0.3 is 0 Å². The number of amides is 1. The molecule has 32 heavy (non-hydrogen) atoms. The molecule has 1 aliphatic rings. The molecule has 0 unspecified atom stereocenters. The van der Waals surface area contributed by atoms with Gasteiger partial charge in [0.2, 0.25) is 0 Å². The third-order valence-corrected chi connectivity index (χ3v) is 5.70. The quantitative estimate of drug-likeness (QED) is 0.569. The third kappa shape index (κ3) is 4.30. The Morgan fingerprint density at radius 2 is 1.38 bits per heavy atom. The smallest absolute Gasteiger partial charge is 0.254 e. The predicted octanol–water partition coefficient (Wildman–Crippen LogP) is 4.22. The van der Waals surface area contributed by atoms with Gasteiger partial charge in [0.1, 0.15) is 5.82 Å². The molecular formula is C26H23FN2O3. The van der Waals surface area contributed by atoms with E-state index in [2.05, 4.69) is 0 Å². The van der Waals surface area contributed by atoms with E-state index in [1.165, 1.54) is 13.0 Å². The number of carbonyl (C=O) groups is 3. The summed E-state index contributed by atoms with van der Waals surface area (Å²) in [5.74, 6) is -1.04. The highest BCUT2D eigenvalue weighted by Gasteiger charge is 2.26. The normalized spacial score (nSPS) is 13.7. The van der Waals surface area contributed by atoms with Gasteiger partial charge in [-0.25, -0.2) is 4.39 Å². The standard InChI is InChI=1S/C26H23FN2O3/c1-18(30)20-11-12-24(23(27)17-20)28-13-15-29(16-14-28)26(32)22-10-6-5-9-21(22)25(31)19-7-3-2-4-8-19/h2-12,17H,13-16H2,1H3. The summed E-state index contributed by atoms with van der Waals surface area (Å²) in [5, 5.41) is 0. The summed E-state index contributed by atoms with van der Waals surface area (Å²) in [6.07, 6.45) is 0. The second-order valence-electron chi connectivity index (χ2n) is 7.74. The number of hydrogen-bond acceptors (Lipinski definition) is 4. The van der Waals surface area contributed by atoms with Crippen molar-refractivity contribution in [1.29, 1.82) is 0 Å². The Kier molecular flexibility index (Phi) is 6.12. The lowest BCUT2D eigenvalue weighted by molar-refractivity contribution is 0.0742. The zero-order valence-corrected chi connectivity index (χ0v) is 17.8. The number of Topliss-reactive ketones (excluding diaryl/α,β-unsaturated/α-hetero) is 1. The Labute approximate surface area is 186 Å². The second kappa shape index (κ2) is 9.14. The SMILES string of the molecule is CC(=O)c1ccc(N2CCN(C(=O)c3ccccc3C(=O)c3ccccc3)CC2)c(F)c1. The van der Waals surface area contributed by atoms with Crippen molar-refractivity contribution in [3.8, 4) is 0 Å². The van der Waals surface area contributed by atoms with Crippen LogP contribution >= 0.6 is 0 Å². The first-order chi connectivity index (χ1) is 15.5. The maximum absolute atomic E-state index is 14.5. The van der Waals surface area contributed by atoms with Crippen LogP contribution in [0, 0.1) is 5.82 Å². The molecule has 3 aromatic carbocycles. The molecule has 0 aromatic heterocycles. The molecule has 0 aliphatic carbocycles. The second-order valence-corrected chi connectivity index (χ2v) is 7.74. The fraction of sp³-hybridized carbons (Fsp3) is 0.192. The number of carbonyl (C=O) groups excluding carboxylic acids is 3. The van der Waals surface area contributed by atoms with E-state index >= 15 is 0 Å². The van der Waals surface area contributed by atoms with Crippen molar-refractivity contribution in [3.63, 3.8) is 0 Å². The highest BCUT2D eigenvalue weighted by Crippen LogP contribution is 2.23. The van der Waals surface area contributed by atoms with Gasteiger partial charge in [0.25, 0.3) is 5.91 Å². The first kappa shape index (κ1) is 21.4. The number of halogens is 1. The highest BCUT2D eigenvalue weighted by molar-refractivity contribution is 6.15. The Balaban J connectivity index is 1.49. The summed E-state index contributed by atoms with van der Waals surface area (Å²) in [4.78, 5) is 41.2. The Hall–Kier alpha value is -3.80. The lowest BCUT2D eigenvalue weighted by Crippen LogP contribution is -2.49. The van der Waals surface area contributed by atoms with E-state index in [0.717, 1.165) is 0 Å². The Bertz CT molecular complexity index is 1170. The van der Waals surface area contributed by atoms with Crippen LogP contribution in [0.2, 0.25) is 0 Å². The molecule has 1 saturated heterocycles. The molecule has 0 radical (unpaired) electrons. The van der Waals surface area contributed by atoms with Crippen LogP contribution in [0.1, 0.15) is 43.6 Å². The van der Waals surface area contributed by atoms with Crippen molar-refractivity contribution in [1.82, 2.24) is 4.90 Å². The van der Waals surface area contributed by atoms with Crippen LogP contribution in [0.5, 0.6) is 0 Å². The molecule has 0 bridgehead atoms. The van der Waals surface area contributed by atoms with Crippen LogP contribution in [-0.4, -0.2) is 48.6 Å². The van der Waals surface area contributed by atoms with Crippen LogP contribution in [0.4, 0.5) is 10.1 Å². The fourth-order valence-corrected chi connectivity index (χ4v) is 3.92. The van der Waals surface area contributed by atoms with Crippen molar-refractivity contribution in [2.75, 3.05) is 31.1 Å². The summed E-state index contributed by atoms with van der Waals surface area (Å²) < 4.78 is 14.5. The molecule has 0 saturated carbocycles. The van der Waals surface area contributed by atoms with Gasteiger partial charge in [0, 0.05) is 42.9 Å². The molecular weight excluding hydrogens is 407 g/mol. The number of hydrogen-bond donors (Lipinski definition) is 0. The average Bonchev–Trinajstić information content (AvgIpc) is 2.83. The van der Waals surface area contributed by atoms with Gasteiger partial charge in [-0.15, -0.1) is 0 Å². The minimum atomic E-state index is -0.448. The van der Waals surface area contributed by atoms with Gasteiger partial charge in [-0.05, 0) is 31.2 Å². The first-order valence-electron chi connectivity index (χ1n) is 10.5. The van der Waals surface area contributed by atoms with Crippen molar-refractivity contribution >= 4 is 23.2 Å². The van der Waals surface area contributed by atoms with E-state index in [0.29, 0.717) is 54.1 Å². The number of ketones is 2. The maximum atomic E-state index is 14.5. The van der Waals surface area contributed by atoms with E-state index in [1.807, 2.05) is 11.0 Å². The van der Waals surface area contributed by atoms with Crippen LogP contribution in [0.25, 0.3) is 0 Å². The molecule has 4 rings (SSSR count). The van der Waals surface area contributed by atoms with Crippen molar-refractivity contribution < 1.29 is 18.8 Å². The number of piperazine rings is 1. The molecule has 0 atom stereocenters. The predicted molar refractivity (Wildman–Crippen MR) is 121 cm³/mol. The summed E-state index contributed by atoms with van der Waals surface area (Å²) in [6.45, 7) is 3.12. The summed E-state index contributed by atoms with van der Waals surface area (Å²) in [6, 6.07) is 20.2. The maximum Gasteiger partial charge on any atom is 0.254 e. The zero-order valence-electron chi connectivity index (χ0n) is 17.8. The summed E-state index contributed by atoms with van der Waals surface area (Å²) >= 11 is 0. The summed E-state index contributed by atoms with van der Waals surface area (Å²) in [5.41, 5.74) is 2.02. The van der Waals surface area contributed by atoms with Crippen LogP contribution in [-0.2, 0) is 0 Å². The topological polar surface area (TPSA) is 57.7 Å². The van der Waals surface area contributed by atoms with E-state index in [4.69, 9.17) is 0 Å². The lowest BCUT2D eigenvalue weighted by Gasteiger charge is -2.36. The van der Waals surface area contributed by atoms with Crippen molar-refractivity contribution in [2.24, 2.45) is 0 Å². The number of nitrogens with zero attached hydrogens (tertiary/aromatic N) is 2. The minimum absolute atomic E-state index is 0.186. The zero-order chi connectivity index (χ0) is 22.7. The molecule has 0 N–H and O–H groups in total. The minimum Gasteiger partial charge on any atom is -0.366 e. The molecule has 6 heteroatoms. The van der Waals surface area contributed by atoms with E-state index in [9.17, 15) is 18.8 Å². The third-order valence-electron chi connectivity index (χ3n) is 5.70. The molecule has 5 nitrogen and oxygen atoms in total. The molecule has 1 fully saturated rings. The van der Waals surface area contributed by atoms with E-state index in [1.54, 1.807) is 65.6 Å². The number of rotatable bonds is 5.